The van der Waals surface area contributed by atoms with Gasteiger partial charge in [-0.1, -0.05) is 31.9 Å². The highest BCUT2D eigenvalue weighted by Crippen LogP contribution is 2.41. The van der Waals surface area contributed by atoms with Crippen LogP contribution in [-0.4, -0.2) is 28.6 Å². The second-order valence-electron chi connectivity index (χ2n) is 3.86. The normalized spacial score (nSPS) is 48.8. The molecule has 0 radical (unpaired) electrons. The van der Waals surface area contributed by atoms with E-state index in [1.54, 1.807) is 0 Å². The van der Waals surface area contributed by atoms with Crippen LogP contribution in [-0.2, 0) is 9.84 Å². The van der Waals surface area contributed by atoms with Gasteiger partial charge in [0.15, 0.2) is 9.84 Å². The molecule has 2 rings (SSSR count). The third-order valence-corrected chi connectivity index (χ3v) is 9.26. The first-order valence-electron chi connectivity index (χ1n) is 4.54. The molecule has 76 valence electrons. The van der Waals surface area contributed by atoms with Crippen molar-refractivity contribution in [2.45, 2.75) is 45.8 Å². The van der Waals surface area contributed by atoms with Crippen LogP contribution in [0.5, 0.6) is 0 Å². The van der Waals surface area contributed by atoms with Crippen molar-refractivity contribution in [2.75, 3.05) is 0 Å². The smallest absolute Gasteiger partial charge is 0.157 e. The zero-order valence-corrected chi connectivity index (χ0v) is 11.1. The molecule has 0 aromatic rings. The van der Waals surface area contributed by atoms with E-state index in [1.807, 2.05) is 0 Å². The van der Waals surface area contributed by atoms with Crippen molar-refractivity contribution in [3.8, 4) is 0 Å². The summed E-state index contributed by atoms with van der Waals surface area (Å²) in [7, 11) is -2.82. The first-order chi connectivity index (χ1) is 6.03. The lowest BCUT2D eigenvalue weighted by Crippen LogP contribution is -2.31. The maximum absolute atomic E-state index is 11.9. The number of rotatable bonds is 0. The summed E-state index contributed by atoms with van der Waals surface area (Å²) in [4.78, 5) is 0.419. The molecule has 2 heterocycles. The fraction of sp³-hybridized carbons (Fsp3) is 1.00. The molecule has 0 spiro atoms. The third-order valence-electron chi connectivity index (χ3n) is 3.12. The van der Waals surface area contributed by atoms with Gasteiger partial charge in [0.05, 0.1) is 10.5 Å². The monoisotopic (exact) mass is 330 g/mol. The molecule has 0 aromatic carbocycles. The second kappa shape index (κ2) is 3.49. The number of sulfone groups is 1. The largest absolute Gasteiger partial charge is 0.228 e. The van der Waals surface area contributed by atoms with Crippen LogP contribution >= 0.6 is 31.9 Å². The molecule has 13 heavy (non-hydrogen) atoms. The van der Waals surface area contributed by atoms with Crippen molar-refractivity contribution < 1.29 is 8.42 Å². The Morgan fingerprint density at radius 3 is 2.31 bits per heavy atom. The minimum Gasteiger partial charge on any atom is -0.228 e. The SMILES string of the molecule is O=S1(=O)[C@@H]2CC[C@@H]1[C@H](Br)[C@@H](Br)CC2. The van der Waals surface area contributed by atoms with E-state index in [2.05, 4.69) is 31.9 Å². The van der Waals surface area contributed by atoms with E-state index >= 15 is 0 Å². The van der Waals surface area contributed by atoms with Crippen molar-refractivity contribution in [1.82, 2.24) is 0 Å². The van der Waals surface area contributed by atoms with Gasteiger partial charge in [-0.2, -0.15) is 0 Å². The fourth-order valence-electron chi connectivity index (χ4n) is 2.31. The van der Waals surface area contributed by atoms with E-state index in [-0.39, 0.29) is 15.3 Å². The minimum absolute atomic E-state index is 0.0555. The van der Waals surface area contributed by atoms with Gasteiger partial charge in [0.2, 0.25) is 0 Å². The first kappa shape index (κ1) is 10.4. The summed E-state index contributed by atoms with van der Waals surface area (Å²) < 4.78 is 23.8. The molecule has 2 aliphatic rings. The van der Waals surface area contributed by atoms with Gasteiger partial charge in [-0.3, -0.25) is 0 Å². The van der Waals surface area contributed by atoms with Crippen LogP contribution in [0.4, 0.5) is 0 Å². The topological polar surface area (TPSA) is 34.1 Å². The Kier molecular flexibility index (Phi) is 2.80. The van der Waals surface area contributed by atoms with Gasteiger partial charge in [-0.05, 0) is 25.7 Å². The Morgan fingerprint density at radius 1 is 1.00 bits per heavy atom. The zero-order valence-electron chi connectivity index (χ0n) is 7.12. The van der Waals surface area contributed by atoms with Crippen LogP contribution < -0.4 is 0 Å². The molecule has 0 saturated carbocycles. The van der Waals surface area contributed by atoms with Gasteiger partial charge >= 0.3 is 0 Å². The lowest BCUT2D eigenvalue weighted by molar-refractivity contribution is 0.579. The maximum Gasteiger partial charge on any atom is 0.157 e. The molecule has 2 nitrogen and oxygen atoms in total. The number of fused-ring (bicyclic) bond motifs is 2. The van der Waals surface area contributed by atoms with Crippen LogP contribution in [0.15, 0.2) is 0 Å². The Hall–Kier alpha value is 0.910. The number of alkyl halides is 2. The fourth-order valence-corrected chi connectivity index (χ4v) is 7.02. The summed E-state index contributed by atoms with van der Waals surface area (Å²) in [5.41, 5.74) is 0. The average molecular weight is 332 g/mol. The quantitative estimate of drug-likeness (QED) is 0.638. The van der Waals surface area contributed by atoms with Crippen LogP contribution in [0.25, 0.3) is 0 Å². The molecular formula is C8H12Br2O2S. The van der Waals surface area contributed by atoms with Gasteiger partial charge in [-0.25, -0.2) is 8.42 Å². The van der Waals surface area contributed by atoms with Crippen molar-refractivity contribution in [1.29, 1.82) is 0 Å². The summed E-state index contributed by atoms with van der Waals surface area (Å²) >= 11 is 7.05. The zero-order chi connectivity index (χ0) is 9.64. The van der Waals surface area contributed by atoms with E-state index in [9.17, 15) is 8.42 Å². The van der Waals surface area contributed by atoms with Gasteiger partial charge in [0, 0.05) is 9.65 Å². The number of hydrogen-bond acceptors (Lipinski definition) is 2. The number of hydrogen-bond donors (Lipinski definition) is 0. The van der Waals surface area contributed by atoms with Gasteiger partial charge in [0.1, 0.15) is 0 Å². The van der Waals surface area contributed by atoms with Crippen molar-refractivity contribution >= 4 is 41.7 Å². The summed E-state index contributed by atoms with van der Waals surface area (Å²) in [6.45, 7) is 0. The van der Waals surface area contributed by atoms with E-state index in [0.29, 0.717) is 4.83 Å². The Balaban J connectivity index is 2.37. The van der Waals surface area contributed by atoms with E-state index in [4.69, 9.17) is 0 Å². The summed E-state index contributed by atoms with van der Waals surface area (Å²) in [5.74, 6) is 0. The van der Waals surface area contributed by atoms with E-state index in [1.165, 1.54) is 0 Å². The van der Waals surface area contributed by atoms with Gasteiger partial charge in [0.25, 0.3) is 0 Å². The minimum atomic E-state index is -2.82. The molecule has 5 heteroatoms. The molecule has 2 bridgehead atoms. The van der Waals surface area contributed by atoms with E-state index in [0.717, 1.165) is 25.7 Å². The number of halogens is 2. The average Bonchev–Trinajstić information content (AvgIpc) is 2.30. The standard InChI is InChI=1S/C8H12Br2O2S/c9-6-3-1-5-2-4-7(8(6)10)13(5,11)12/h5-8H,1-4H2/t5-,6-,7+,8+/m0/s1. The summed E-state index contributed by atoms with van der Waals surface area (Å²) in [6.07, 6.45) is 3.51. The lowest BCUT2D eigenvalue weighted by atomic mass is 10.0. The second-order valence-corrected chi connectivity index (χ2v) is 8.55. The first-order valence-corrected chi connectivity index (χ1v) is 7.98. The van der Waals surface area contributed by atoms with Crippen molar-refractivity contribution in [3.05, 3.63) is 0 Å². The highest BCUT2D eigenvalue weighted by molar-refractivity contribution is 9.12. The van der Waals surface area contributed by atoms with Crippen molar-refractivity contribution in [3.63, 3.8) is 0 Å². The van der Waals surface area contributed by atoms with Gasteiger partial charge < -0.3 is 0 Å². The van der Waals surface area contributed by atoms with Crippen LogP contribution in [0.1, 0.15) is 25.7 Å². The molecule has 0 aromatic heterocycles. The molecule has 0 unspecified atom stereocenters. The Labute approximate surface area is 95.6 Å². The predicted octanol–water partition coefficient (Wildman–Crippen LogP) is 2.25. The van der Waals surface area contributed by atoms with Crippen LogP contribution in [0.2, 0.25) is 0 Å². The highest BCUT2D eigenvalue weighted by Gasteiger charge is 2.48. The molecule has 0 amide bonds. The lowest BCUT2D eigenvalue weighted by Gasteiger charge is -2.19. The molecular weight excluding hydrogens is 320 g/mol. The van der Waals surface area contributed by atoms with Gasteiger partial charge in [-0.15, -0.1) is 0 Å². The maximum atomic E-state index is 11.9. The summed E-state index contributed by atoms with van der Waals surface area (Å²) in [6, 6.07) is 0. The molecule has 2 fully saturated rings. The van der Waals surface area contributed by atoms with Crippen LogP contribution in [0, 0.1) is 0 Å². The van der Waals surface area contributed by atoms with Crippen LogP contribution in [0.3, 0.4) is 0 Å². The Morgan fingerprint density at radius 2 is 1.62 bits per heavy atom. The highest BCUT2D eigenvalue weighted by atomic mass is 79.9. The molecule has 4 atom stereocenters. The van der Waals surface area contributed by atoms with E-state index < -0.39 is 9.84 Å². The van der Waals surface area contributed by atoms with Crippen molar-refractivity contribution in [2.24, 2.45) is 0 Å². The molecule has 2 aliphatic heterocycles. The third kappa shape index (κ3) is 1.61. The molecule has 2 saturated heterocycles. The summed E-state index contributed by atoms with van der Waals surface area (Å²) in [5, 5.41) is -0.204. The molecule has 0 N–H and O–H groups in total. The predicted molar refractivity (Wildman–Crippen MR) is 60.4 cm³/mol. The molecule has 0 aliphatic carbocycles. The Bertz CT molecular complexity index is 301.